The second kappa shape index (κ2) is 10.7. The van der Waals surface area contributed by atoms with Crippen LogP contribution in [0.4, 0.5) is 5.69 Å². The number of hydrogen-bond donors (Lipinski definition) is 2. The number of nitrogens with zero attached hydrogens (tertiary/aromatic N) is 1. The molecule has 3 aromatic carbocycles. The average molecular weight is 452 g/mol. The van der Waals surface area contributed by atoms with E-state index in [-0.39, 0.29) is 0 Å². The van der Waals surface area contributed by atoms with Gasteiger partial charge in [-0.1, -0.05) is 29.8 Å². The highest BCUT2D eigenvalue weighted by Gasteiger charge is 2.14. The molecule has 3 rings (SSSR count). The number of nitrogens with one attached hydrogen (secondary N) is 2. The van der Waals surface area contributed by atoms with Crippen LogP contribution in [0.2, 0.25) is 5.02 Å². The molecule has 0 fully saturated rings. The number of benzene rings is 3. The first-order valence-electron chi connectivity index (χ1n) is 9.31. The second-order valence-corrected chi connectivity index (χ2v) is 6.76. The van der Waals surface area contributed by atoms with Crippen LogP contribution in [0, 0.1) is 0 Å². The molecular weight excluding hydrogens is 434 g/mol. The molecule has 0 bridgehead atoms. The fourth-order valence-electron chi connectivity index (χ4n) is 2.57. The van der Waals surface area contributed by atoms with Gasteiger partial charge in [-0.3, -0.25) is 9.59 Å². The Kier molecular flexibility index (Phi) is 7.55. The number of carbonyl (C=O) groups excluding carboxylic acids is 3. The lowest BCUT2D eigenvalue weighted by molar-refractivity contribution is -0.136. The van der Waals surface area contributed by atoms with Crippen LogP contribution in [0.1, 0.15) is 15.9 Å². The van der Waals surface area contributed by atoms with E-state index < -0.39 is 17.8 Å². The topological polar surface area (TPSA) is 106 Å². The number of rotatable bonds is 6. The van der Waals surface area contributed by atoms with E-state index in [1.165, 1.54) is 19.4 Å². The van der Waals surface area contributed by atoms with Crippen LogP contribution in [0.3, 0.4) is 0 Å². The first kappa shape index (κ1) is 22.5. The Labute approximate surface area is 188 Å². The molecule has 162 valence electrons. The largest absolute Gasteiger partial charge is 0.496 e. The van der Waals surface area contributed by atoms with E-state index in [2.05, 4.69) is 15.8 Å². The van der Waals surface area contributed by atoms with Gasteiger partial charge in [-0.25, -0.2) is 10.2 Å². The first-order chi connectivity index (χ1) is 15.5. The van der Waals surface area contributed by atoms with Gasteiger partial charge < -0.3 is 14.8 Å². The molecule has 2 amide bonds. The molecule has 2 N–H and O–H groups in total. The molecule has 3 aromatic rings. The number of esters is 1. The number of hydrogen-bond acceptors (Lipinski definition) is 6. The number of para-hydroxylation sites is 1. The van der Waals surface area contributed by atoms with Gasteiger partial charge in [0.2, 0.25) is 0 Å². The Balaban J connectivity index is 1.53. The van der Waals surface area contributed by atoms with Crippen molar-refractivity contribution in [1.82, 2.24) is 5.43 Å². The zero-order valence-corrected chi connectivity index (χ0v) is 17.6. The highest BCUT2D eigenvalue weighted by Crippen LogP contribution is 2.20. The van der Waals surface area contributed by atoms with Crippen molar-refractivity contribution in [3.05, 3.63) is 88.9 Å². The molecule has 0 aliphatic heterocycles. The van der Waals surface area contributed by atoms with Crippen molar-refractivity contribution in [1.29, 1.82) is 0 Å². The molecule has 0 saturated carbocycles. The molecule has 0 spiro atoms. The number of anilines is 1. The summed E-state index contributed by atoms with van der Waals surface area (Å²) < 4.78 is 10.5. The van der Waals surface area contributed by atoms with Gasteiger partial charge in [0.15, 0.2) is 0 Å². The summed E-state index contributed by atoms with van der Waals surface area (Å²) >= 11 is 5.83. The van der Waals surface area contributed by atoms with Crippen LogP contribution in [0.15, 0.2) is 77.9 Å². The first-order valence-corrected chi connectivity index (χ1v) is 9.69. The normalized spacial score (nSPS) is 10.4. The van der Waals surface area contributed by atoms with Gasteiger partial charge >= 0.3 is 17.8 Å². The monoisotopic (exact) mass is 451 g/mol. The van der Waals surface area contributed by atoms with Crippen LogP contribution < -0.4 is 20.2 Å². The molecule has 0 radical (unpaired) electrons. The molecule has 32 heavy (non-hydrogen) atoms. The summed E-state index contributed by atoms with van der Waals surface area (Å²) in [7, 11) is 1.47. The highest BCUT2D eigenvalue weighted by molar-refractivity contribution is 6.39. The van der Waals surface area contributed by atoms with E-state index >= 15 is 0 Å². The maximum absolute atomic E-state index is 12.3. The SMILES string of the molecule is COc1ccccc1C(=O)Oc1ccc(/C=N/NC(=O)C(=O)Nc2cccc(Cl)c2)cc1. The van der Waals surface area contributed by atoms with Crippen LogP contribution in [-0.4, -0.2) is 31.1 Å². The number of halogens is 1. The number of methoxy groups -OCH3 is 1. The summed E-state index contributed by atoms with van der Waals surface area (Å²) in [5.41, 5.74) is 3.44. The van der Waals surface area contributed by atoms with Crippen molar-refractivity contribution in [3.63, 3.8) is 0 Å². The summed E-state index contributed by atoms with van der Waals surface area (Å²) in [6, 6.07) is 19.5. The van der Waals surface area contributed by atoms with Crippen LogP contribution in [0.25, 0.3) is 0 Å². The Morgan fingerprint density at radius 1 is 0.938 bits per heavy atom. The van der Waals surface area contributed by atoms with E-state index in [0.717, 1.165) is 0 Å². The lowest BCUT2D eigenvalue weighted by Crippen LogP contribution is -2.32. The third-order valence-corrected chi connectivity index (χ3v) is 4.32. The highest BCUT2D eigenvalue weighted by atomic mass is 35.5. The standard InChI is InChI=1S/C23H18ClN3O5/c1-31-20-8-3-2-7-19(20)23(30)32-18-11-9-15(10-12-18)14-25-27-22(29)21(28)26-17-6-4-5-16(24)13-17/h2-14H,1H3,(H,26,28)(H,27,29)/b25-14+. The molecular formula is C23H18ClN3O5. The van der Waals surface area contributed by atoms with E-state index in [9.17, 15) is 14.4 Å². The third kappa shape index (κ3) is 6.16. The summed E-state index contributed by atoms with van der Waals surface area (Å²) in [4.78, 5) is 36.0. The predicted molar refractivity (Wildman–Crippen MR) is 120 cm³/mol. The van der Waals surface area contributed by atoms with E-state index in [1.807, 2.05) is 0 Å². The number of ether oxygens (including phenoxy) is 2. The maximum atomic E-state index is 12.3. The number of amides is 2. The molecule has 0 aromatic heterocycles. The van der Waals surface area contributed by atoms with E-state index in [0.29, 0.717) is 33.3 Å². The molecule has 0 aliphatic carbocycles. The van der Waals surface area contributed by atoms with Crippen molar-refractivity contribution in [2.24, 2.45) is 5.10 Å². The summed E-state index contributed by atoms with van der Waals surface area (Å²) in [6.07, 6.45) is 1.34. The van der Waals surface area contributed by atoms with Gasteiger partial charge in [0.25, 0.3) is 0 Å². The van der Waals surface area contributed by atoms with Gasteiger partial charge in [0, 0.05) is 10.7 Å². The van der Waals surface area contributed by atoms with Gasteiger partial charge in [-0.15, -0.1) is 0 Å². The van der Waals surface area contributed by atoms with Crippen molar-refractivity contribution in [3.8, 4) is 11.5 Å². The quantitative estimate of drug-likeness (QED) is 0.195. The molecule has 0 atom stereocenters. The molecule has 8 nitrogen and oxygen atoms in total. The van der Waals surface area contributed by atoms with Gasteiger partial charge in [-0.05, 0) is 60.2 Å². The third-order valence-electron chi connectivity index (χ3n) is 4.09. The average Bonchev–Trinajstić information content (AvgIpc) is 2.80. The van der Waals surface area contributed by atoms with Gasteiger partial charge in [-0.2, -0.15) is 5.10 Å². The number of carbonyl (C=O) groups is 3. The zero-order valence-electron chi connectivity index (χ0n) is 16.9. The van der Waals surface area contributed by atoms with Crippen LogP contribution in [0.5, 0.6) is 11.5 Å². The predicted octanol–water partition coefficient (Wildman–Crippen LogP) is 3.66. The molecule has 0 aliphatic rings. The lowest BCUT2D eigenvalue weighted by Gasteiger charge is -2.08. The van der Waals surface area contributed by atoms with Crippen molar-refractivity contribution < 1.29 is 23.9 Å². The van der Waals surface area contributed by atoms with Crippen LogP contribution >= 0.6 is 11.6 Å². The summed E-state index contributed by atoms with van der Waals surface area (Å²) in [5.74, 6) is -1.65. The van der Waals surface area contributed by atoms with Gasteiger partial charge in [0.1, 0.15) is 17.1 Å². The molecule has 9 heteroatoms. The lowest BCUT2D eigenvalue weighted by atomic mass is 10.2. The minimum absolute atomic E-state index is 0.305. The van der Waals surface area contributed by atoms with E-state index in [1.54, 1.807) is 66.7 Å². The van der Waals surface area contributed by atoms with Gasteiger partial charge in [0.05, 0.1) is 13.3 Å². The smallest absolute Gasteiger partial charge is 0.347 e. The summed E-state index contributed by atoms with van der Waals surface area (Å²) in [5, 5.41) is 6.59. The fraction of sp³-hybridized carbons (Fsp3) is 0.0435. The molecule has 0 unspecified atom stereocenters. The maximum Gasteiger partial charge on any atom is 0.347 e. The molecule has 0 saturated heterocycles. The Bertz CT molecular complexity index is 1160. The molecule has 0 heterocycles. The zero-order chi connectivity index (χ0) is 22.9. The van der Waals surface area contributed by atoms with Crippen molar-refractivity contribution >= 4 is 41.3 Å². The van der Waals surface area contributed by atoms with Crippen molar-refractivity contribution in [2.75, 3.05) is 12.4 Å². The van der Waals surface area contributed by atoms with Crippen LogP contribution in [-0.2, 0) is 9.59 Å². The Hall–Kier alpha value is -4.17. The summed E-state index contributed by atoms with van der Waals surface area (Å²) in [6.45, 7) is 0. The Morgan fingerprint density at radius 2 is 1.69 bits per heavy atom. The Morgan fingerprint density at radius 3 is 2.41 bits per heavy atom. The minimum atomic E-state index is -0.941. The fourth-order valence-corrected chi connectivity index (χ4v) is 2.76. The minimum Gasteiger partial charge on any atom is -0.496 e. The second-order valence-electron chi connectivity index (χ2n) is 6.32. The van der Waals surface area contributed by atoms with Crippen molar-refractivity contribution in [2.45, 2.75) is 0 Å². The number of hydrazone groups is 1. The van der Waals surface area contributed by atoms with E-state index in [4.69, 9.17) is 21.1 Å².